The molecule has 1 aromatic carbocycles. The summed E-state index contributed by atoms with van der Waals surface area (Å²) in [6.45, 7) is 2.02. The Morgan fingerprint density at radius 1 is 1.38 bits per heavy atom. The molecule has 0 aliphatic rings. The molecule has 0 unspecified atom stereocenters. The van der Waals surface area contributed by atoms with Crippen LogP contribution in [0, 0.1) is 6.92 Å². The number of primary amides is 1. The fraction of sp³-hybridized carbons (Fsp3) is 0.167. The van der Waals surface area contributed by atoms with Crippen molar-refractivity contribution in [2.24, 2.45) is 5.73 Å². The lowest BCUT2D eigenvalue weighted by atomic mass is 10.2. The smallest absolute Gasteiger partial charge is 0.223 e. The second-order valence-electron chi connectivity index (χ2n) is 3.68. The number of nitrogens with two attached hydrogens (primary N) is 1. The van der Waals surface area contributed by atoms with E-state index in [9.17, 15) is 4.79 Å². The normalized spacial score (nSPS) is 10.3. The minimum atomic E-state index is -0.366. The molecule has 0 aliphatic carbocycles. The first kappa shape index (κ1) is 10.4. The van der Waals surface area contributed by atoms with E-state index in [1.165, 1.54) is 0 Å². The summed E-state index contributed by atoms with van der Waals surface area (Å²) in [5, 5.41) is 4.30. The third kappa shape index (κ3) is 2.11. The first-order chi connectivity index (χ1) is 7.66. The Bertz CT molecular complexity index is 516. The van der Waals surface area contributed by atoms with Crippen LogP contribution < -0.4 is 5.73 Å². The van der Waals surface area contributed by atoms with Gasteiger partial charge < -0.3 is 5.73 Å². The van der Waals surface area contributed by atoms with E-state index in [0.29, 0.717) is 5.69 Å². The van der Waals surface area contributed by atoms with Crippen LogP contribution in [0.2, 0.25) is 0 Å². The number of hydrogen-bond donors (Lipinski definition) is 1. The van der Waals surface area contributed by atoms with Crippen molar-refractivity contribution < 1.29 is 4.79 Å². The molecule has 2 aromatic rings. The Hall–Kier alpha value is -2.10. The minimum Gasteiger partial charge on any atom is -0.369 e. The van der Waals surface area contributed by atoms with Gasteiger partial charge in [-0.05, 0) is 24.6 Å². The predicted molar refractivity (Wildman–Crippen MR) is 61.2 cm³/mol. The average molecular weight is 215 g/mol. The quantitative estimate of drug-likeness (QED) is 0.836. The van der Waals surface area contributed by atoms with Crippen molar-refractivity contribution in [1.82, 2.24) is 9.78 Å². The second-order valence-corrected chi connectivity index (χ2v) is 3.68. The van der Waals surface area contributed by atoms with E-state index in [4.69, 9.17) is 5.73 Å². The summed E-state index contributed by atoms with van der Waals surface area (Å²) in [5.41, 5.74) is 7.95. The maximum atomic E-state index is 10.8. The molecule has 0 spiro atoms. The fourth-order valence-corrected chi connectivity index (χ4v) is 1.59. The van der Waals surface area contributed by atoms with Crippen molar-refractivity contribution >= 4 is 5.91 Å². The summed E-state index contributed by atoms with van der Waals surface area (Å²) in [6.07, 6.45) is 2.01. The van der Waals surface area contributed by atoms with E-state index < -0.39 is 0 Å². The highest BCUT2D eigenvalue weighted by molar-refractivity contribution is 5.76. The lowest BCUT2D eigenvalue weighted by molar-refractivity contribution is -0.117. The second kappa shape index (κ2) is 4.18. The molecule has 82 valence electrons. The largest absolute Gasteiger partial charge is 0.369 e. The molecular formula is C12H13N3O. The third-order valence-corrected chi connectivity index (χ3v) is 2.36. The van der Waals surface area contributed by atoms with Gasteiger partial charge in [0, 0.05) is 6.20 Å². The van der Waals surface area contributed by atoms with Crippen molar-refractivity contribution in [3.8, 4) is 5.69 Å². The monoisotopic (exact) mass is 215 g/mol. The SMILES string of the molecule is Cc1ccccc1-n1ccc(CC(N)=O)n1. The Labute approximate surface area is 93.7 Å². The molecule has 0 aliphatic heterocycles. The molecular weight excluding hydrogens is 202 g/mol. The number of carbonyl (C=O) groups excluding carboxylic acids is 1. The number of aromatic nitrogens is 2. The van der Waals surface area contributed by atoms with Crippen LogP contribution >= 0.6 is 0 Å². The number of rotatable bonds is 3. The van der Waals surface area contributed by atoms with E-state index >= 15 is 0 Å². The summed E-state index contributed by atoms with van der Waals surface area (Å²) in [6, 6.07) is 9.74. The number of carbonyl (C=O) groups is 1. The maximum absolute atomic E-state index is 10.8. The Morgan fingerprint density at radius 3 is 2.81 bits per heavy atom. The predicted octanol–water partition coefficient (Wildman–Crippen LogP) is 1.21. The standard InChI is InChI=1S/C12H13N3O/c1-9-4-2-3-5-11(9)15-7-6-10(14-15)8-12(13)16/h2-7H,8H2,1H3,(H2,13,16). The Morgan fingerprint density at radius 2 is 2.12 bits per heavy atom. The van der Waals surface area contributed by atoms with Crippen molar-refractivity contribution in [3.63, 3.8) is 0 Å². The van der Waals surface area contributed by atoms with Crippen LogP contribution in [0.3, 0.4) is 0 Å². The lowest BCUT2D eigenvalue weighted by Crippen LogP contribution is -2.14. The van der Waals surface area contributed by atoms with Gasteiger partial charge in [-0.25, -0.2) is 4.68 Å². The zero-order valence-corrected chi connectivity index (χ0v) is 9.05. The van der Waals surface area contributed by atoms with Gasteiger partial charge in [-0.1, -0.05) is 18.2 Å². The molecule has 1 heterocycles. The molecule has 1 amide bonds. The molecule has 0 saturated heterocycles. The first-order valence-corrected chi connectivity index (χ1v) is 5.05. The van der Waals surface area contributed by atoms with Crippen molar-refractivity contribution in [2.45, 2.75) is 13.3 Å². The summed E-state index contributed by atoms with van der Waals surface area (Å²) < 4.78 is 1.76. The zero-order chi connectivity index (χ0) is 11.5. The highest BCUT2D eigenvalue weighted by Crippen LogP contribution is 2.12. The van der Waals surface area contributed by atoms with E-state index in [-0.39, 0.29) is 12.3 Å². The van der Waals surface area contributed by atoms with Crippen LogP contribution in [0.25, 0.3) is 5.69 Å². The Kier molecular flexibility index (Phi) is 2.72. The summed E-state index contributed by atoms with van der Waals surface area (Å²) in [7, 11) is 0. The number of para-hydroxylation sites is 1. The summed E-state index contributed by atoms with van der Waals surface area (Å²) in [5.74, 6) is -0.366. The van der Waals surface area contributed by atoms with Crippen molar-refractivity contribution in [3.05, 3.63) is 47.8 Å². The molecule has 0 fully saturated rings. The number of aryl methyl sites for hydroxylation is 1. The van der Waals surface area contributed by atoms with Gasteiger partial charge in [0.1, 0.15) is 0 Å². The topological polar surface area (TPSA) is 60.9 Å². The van der Waals surface area contributed by atoms with Gasteiger partial charge >= 0.3 is 0 Å². The molecule has 0 radical (unpaired) electrons. The summed E-state index contributed by atoms with van der Waals surface area (Å²) >= 11 is 0. The molecule has 0 atom stereocenters. The molecule has 1 aromatic heterocycles. The zero-order valence-electron chi connectivity index (χ0n) is 9.05. The van der Waals surface area contributed by atoms with Gasteiger partial charge in [-0.15, -0.1) is 0 Å². The minimum absolute atomic E-state index is 0.179. The van der Waals surface area contributed by atoms with Gasteiger partial charge in [0.05, 0.1) is 17.8 Å². The van der Waals surface area contributed by atoms with Crippen LogP contribution in [0.1, 0.15) is 11.3 Å². The molecule has 16 heavy (non-hydrogen) atoms. The van der Waals surface area contributed by atoms with E-state index in [0.717, 1.165) is 11.3 Å². The van der Waals surface area contributed by atoms with Gasteiger partial charge in [0.25, 0.3) is 0 Å². The highest BCUT2D eigenvalue weighted by Gasteiger charge is 2.05. The van der Waals surface area contributed by atoms with Gasteiger partial charge in [-0.3, -0.25) is 4.79 Å². The van der Waals surface area contributed by atoms with Crippen LogP contribution in [0.15, 0.2) is 36.5 Å². The highest BCUT2D eigenvalue weighted by atomic mass is 16.1. The number of hydrogen-bond acceptors (Lipinski definition) is 2. The number of nitrogens with zero attached hydrogens (tertiary/aromatic N) is 2. The fourth-order valence-electron chi connectivity index (χ4n) is 1.59. The molecule has 2 N–H and O–H groups in total. The van der Waals surface area contributed by atoms with Crippen LogP contribution in [-0.4, -0.2) is 15.7 Å². The van der Waals surface area contributed by atoms with Crippen LogP contribution in [0.4, 0.5) is 0 Å². The third-order valence-electron chi connectivity index (χ3n) is 2.36. The van der Waals surface area contributed by atoms with Gasteiger partial charge in [0.15, 0.2) is 0 Å². The van der Waals surface area contributed by atoms with Crippen LogP contribution in [-0.2, 0) is 11.2 Å². The molecule has 2 rings (SSSR count). The van der Waals surface area contributed by atoms with Gasteiger partial charge in [0.2, 0.25) is 5.91 Å². The first-order valence-electron chi connectivity index (χ1n) is 5.05. The average Bonchev–Trinajstić information content (AvgIpc) is 2.66. The van der Waals surface area contributed by atoms with E-state index in [2.05, 4.69) is 5.10 Å². The van der Waals surface area contributed by atoms with Gasteiger partial charge in [-0.2, -0.15) is 5.10 Å². The van der Waals surface area contributed by atoms with E-state index in [1.54, 1.807) is 10.7 Å². The number of benzene rings is 1. The Balaban J connectivity index is 2.32. The molecule has 0 bridgehead atoms. The number of amides is 1. The lowest BCUT2D eigenvalue weighted by Gasteiger charge is -2.04. The maximum Gasteiger partial charge on any atom is 0.223 e. The van der Waals surface area contributed by atoms with Crippen molar-refractivity contribution in [2.75, 3.05) is 0 Å². The summed E-state index contributed by atoms with van der Waals surface area (Å²) in [4.78, 5) is 10.8. The molecule has 0 saturated carbocycles. The van der Waals surface area contributed by atoms with E-state index in [1.807, 2.05) is 37.4 Å². The van der Waals surface area contributed by atoms with Crippen molar-refractivity contribution in [1.29, 1.82) is 0 Å². The molecule has 4 heteroatoms. The van der Waals surface area contributed by atoms with Crippen LogP contribution in [0.5, 0.6) is 0 Å². The molecule has 4 nitrogen and oxygen atoms in total.